The van der Waals surface area contributed by atoms with Gasteiger partial charge in [-0.3, -0.25) is 0 Å². The lowest BCUT2D eigenvalue weighted by Gasteiger charge is -2.52. The summed E-state index contributed by atoms with van der Waals surface area (Å²) < 4.78 is 43.1. The quantitative estimate of drug-likeness (QED) is 0.280. The fourth-order valence-corrected chi connectivity index (χ4v) is 1.91. The Balaban J connectivity index is 3.24. The Morgan fingerprint density at radius 2 is 2.05 bits per heavy atom. The summed E-state index contributed by atoms with van der Waals surface area (Å²) in [6, 6.07) is 0. The number of aliphatic hydroxyl groups is 1. The Bertz CT molecular complexity index is 506. The monoisotopic (exact) mass is 307 g/mol. The lowest BCUT2D eigenvalue weighted by Crippen LogP contribution is -2.72. The summed E-state index contributed by atoms with van der Waals surface area (Å²) >= 11 is 0. The first kappa shape index (κ1) is 17.3. The minimum absolute atomic E-state index is 0.783. The third-order valence-electron chi connectivity index (χ3n) is 2.77. The maximum Gasteiger partial charge on any atom is 0.338 e. The molecule has 1 aliphatic rings. The number of carbonyl (C=O) groups excluding carboxylic acids is 1. The highest BCUT2D eigenvalue weighted by Gasteiger charge is 2.72. The Morgan fingerprint density at radius 3 is 2.52 bits per heavy atom. The average molecular weight is 307 g/mol. The van der Waals surface area contributed by atoms with Crippen molar-refractivity contribution in [3.8, 4) is 0 Å². The highest BCUT2D eigenvalue weighted by atomic mass is 19.3. The van der Waals surface area contributed by atoms with E-state index in [2.05, 4.69) is 26.1 Å². The third-order valence-corrected chi connectivity index (χ3v) is 2.77. The molecule has 2 unspecified atom stereocenters. The van der Waals surface area contributed by atoms with Crippen LogP contribution in [0.5, 0.6) is 0 Å². The molecular formula is C11H15F2N3O5. The van der Waals surface area contributed by atoms with E-state index in [1.807, 2.05) is 0 Å². The van der Waals surface area contributed by atoms with Crippen LogP contribution in [0.1, 0.15) is 20.8 Å². The van der Waals surface area contributed by atoms with Gasteiger partial charge in [0.25, 0.3) is 0 Å². The zero-order chi connectivity index (χ0) is 16.5. The molecule has 0 aliphatic carbocycles. The highest BCUT2D eigenvalue weighted by Crippen LogP contribution is 2.50. The van der Waals surface area contributed by atoms with Crippen LogP contribution in [-0.4, -0.2) is 40.9 Å². The van der Waals surface area contributed by atoms with E-state index in [1.165, 1.54) is 13.8 Å². The van der Waals surface area contributed by atoms with Crippen LogP contribution in [0.25, 0.3) is 10.4 Å². The van der Waals surface area contributed by atoms with Gasteiger partial charge in [0.15, 0.2) is 11.4 Å². The van der Waals surface area contributed by atoms with Crippen molar-refractivity contribution >= 4 is 5.97 Å². The summed E-state index contributed by atoms with van der Waals surface area (Å²) in [5.41, 5.74) is 5.87. The maximum absolute atomic E-state index is 14.4. The number of rotatable bonds is 4. The van der Waals surface area contributed by atoms with Crippen LogP contribution < -0.4 is 0 Å². The Kier molecular flexibility index (Phi) is 4.31. The SMILES string of the molecule is C=CC(=O)OCC1(C)OC(C)(C)OC(O)(N=[N+]=[N-])C1(F)F. The number of hydrogen-bond acceptors (Lipinski definition) is 6. The van der Waals surface area contributed by atoms with E-state index in [-0.39, 0.29) is 0 Å². The van der Waals surface area contributed by atoms with Crippen molar-refractivity contribution in [2.24, 2.45) is 5.11 Å². The summed E-state index contributed by atoms with van der Waals surface area (Å²) in [5, 5.41) is 12.5. The molecule has 21 heavy (non-hydrogen) atoms. The first-order chi connectivity index (χ1) is 9.43. The molecule has 0 spiro atoms. The van der Waals surface area contributed by atoms with Crippen molar-refractivity contribution in [2.75, 3.05) is 6.61 Å². The molecule has 8 nitrogen and oxygen atoms in total. The molecule has 10 heteroatoms. The van der Waals surface area contributed by atoms with Gasteiger partial charge in [-0.15, -0.1) is 0 Å². The van der Waals surface area contributed by atoms with E-state index in [0.29, 0.717) is 0 Å². The van der Waals surface area contributed by atoms with Gasteiger partial charge in [-0.2, -0.15) is 8.78 Å². The van der Waals surface area contributed by atoms with Gasteiger partial charge in [0, 0.05) is 11.0 Å². The van der Waals surface area contributed by atoms with Crippen molar-refractivity contribution < 1.29 is 32.9 Å². The normalized spacial score (nSPS) is 33.6. The topological polar surface area (TPSA) is 114 Å². The molecule has 2 atom stereocenters. The van der Waals surface area contributed by atoms with Crippen molar-refractivity contribution in [1.82, 2.24) is 0 Å². The van der Waals surface area contributed by atoms with Crippen LogP contribution in [0, 0.1) is 0 Å². The fraction of sp³-hybridized carbons (Fsp3) is 0.727. The van der Waals surface area contributed by atoms with Gasteiger partial charge in [0.2, 0.25) is 0 Å². The zero-order valence-electron chi connectivity index (χ0n) is 11.7. The molecule has 0 aromatic rings. The van der Waals surface area contributed by atoms with Crippen LogP contribution in [-0.2, 0) is 19.0 Å². The van der Waals surface area contributed by atoms with E-state index < -0.39 is 35.8 Å². The van der Waals surface area contributed by atoms with E-state index in [1.54, 1.807) is 0 Å². The number of hydrogen-bond donors (Lipinski definition) is 1. The average Bonchev–Trinajstić information content (AvgIpc) is 2.33. The number of halogens is 2. The number of carbonyl (C=O) groups is 1. The van der Waals surface area contributed by atoms with Crippen LogP contribution in [0.3, 0.4) is 0 Å². The fourth-order valence-electron chi connectivity index (χ4n) is 1.91. The van der Waals surface area contributed by atoms with Gasteiger partial charge in [0.05, 0.1) is 0 Å². The minimum atomic E-state index is -4.19. The smallest absolute Gasteiger partial charge is 0.338 e. The van der Waals surface area contributed by atoms with Crippen molar-refractivity contribution in [3.63, 3.8) is 0 Å². The van der Waals surface area contributed by atoms with Gasteiger partial charge < -0.3 is 19.3 Å². The Morgan fingerprint density at radius 1 is 1.48 bits per heavy atom. The van der Waals surface area contributed by atoms with Crippen molar-refractivity contribution in [2.45, 2.75) is 44.0 Å². The summed E-state index contributed by atoms with van der Waals surface area (Å²) in [5.74, 6) is -10.4. The third kappa shape index (κ3) is 2.98. The Hall–Kier alpha value is -1.74. The molecule has 0 aromatic carbocycles. The molecule has 118 valence electrons. The summed E-state index contributed by atoms with van der Waals surface area (Å²) in [6.07, 6.45) is 0.783. The molecule has 0 bridgehead atoms. The predicted octanol–water partition coefficient (Wildman–Crippen LogP) is 1.85. The zero-order valence-corrected chi connectivity index (χ0v) is 11.7. The summed E-state index contributed by atoms with van der Waals surface area (Å²) in [4.78, 5) is 13.2. The van der Waals surface area contributed by atoms with Gasteiger partial charge in [-0.1, -0.05) is 6.58 Å². The number of esters is 1. The van der Waals surface area contributed by atoms with E-state index >= 15 is 0 Å². The second-order valence-corrected chi connectivity index (χ2v) is 5.02. The molecule has 1 heterocycles. The van der Waals surface area contributed by atoms with Gasteiger partial charge in [-0.05, 0) is 31.4 Å². The van der Waals surface area contributed by atoms with Crippen LogP contribution >= 0.6 is 0 Å². The lowest BCUT2D eigenvalue weighted by atomic mass is 9.93. The van der Waals surface area contributed by atoms with Crippen LogP contribution in [0.2, 0.25) is 0 Å². The molecule has 0 amide bonds. The second-order valence-electron chi connectivity index (χ2n) is 5.02. The van der Waals surface area contributed by atoms with Crippen molar-refractivity contribution in [3.05, 3.63) is 23.1 Å². The van der Waals surface area contributed by atoms with E-state index in [9.17, 15) is 18.7 Å². The maximum atomic E-state index is 14.4. The van der Waals surface area contributed by atoms with Gasteiger partial charge >= 0.3 is 17.8 Å². The largest absolute Gasteiger partial charge is 0.459 e. The van der Waals surface area contributed by atoms with E-state index in [4.69, 9.17) is 10.3 Å². The van der Waals surface area contributed by atoms with Gasteiger partial charge in [0.1, 0.15) is 6.61 Å². The Labute approximate surface area is 118 Å². The first-order valence-electron chi connectivity index (χ1n) is 5.79. The lowest BCUT2D eigenvalue weighted by molar-refractivity contribution is -0.490. The first-order valence-corrected chi connectivity index (χ1v) is 5.79. The van der Waals surface area contributed by atoms with Gasteiger partial charge in [-0.25, -0.2) is 4.79 Å². The number of alkyl halides is 2. The van der Waals surface area contributed by atoms with Crippen molar-refractivity contribution in [1.29, 1.82) is 0 Å². The predicted molar refractivity (Wildman–Crippen MR) is 64.9 cm³/mol. The molecule has 0 radical (unpaired) electrons. The summed E-state index contributed by atoms with van der Waals surface area (Å²) in [7, 11) is 0. The van der Waals surface area contributed by atoms with Crippen LogP contribution in [0.4, 0.5) is 8.78 Å². The summed E-state index contributed by atoms with van der Waals surface area (Å²) in [6.45, 7) is 5.56. The molecule has 1 rings (SSSR count). The number of nitrogens with zero attached hydrogens (tertiary/aromatic N) is 3. The molecular weight excluding hydrogens is 292 g/mol. The molecule has 1 fully saturated rings. The molecule has 0 aromatic heterocycles. The number of azide groups is 1. The number of ether oxygens (including phenoxy) is 3. The minimum Gasteiger partial charge on any atom is -0.459 e. The molecule has 1 saturated heterocycles. The highest BCUT2D eigenvalue weighted by molar-refractivity contribution is 5.81. The molecule has 0 saturated carbocycles. The molecule has 1 aliphatic heterocycles. The van der Waals surface area contributed by atoms with Crippen LogP contribution in [0.15, 0.2) is 17.8 Å². The second kappa shape index (κ2) is 5.23. The standard InChI is InChI=1S/C11H15F2N3O5/c1-5-7(17)19-6-9(4)10(12,13)11(18,15-16-14)21-8(2,3)20-9/h5,18H,1,6H2,2-4H3. The van der Waals surface area contributed by atoms with E-state index in [0.717, 1.165) is 13.0 Å². The molecule has 1 N–H and O–H groups in total.